The average Bonchev–Trinajstić information content (AvgIpc) is 3.19. The zero-order chi connectivity index (χ0) is 21.3. The molecule has 7 heteroatoms. The number of hydrogen-bond acceptors (Lipinski definition) is 3. The molecular formula is C23H20FN3O3. The Labute approximate surface area is 173 Å². The van der Waals surface area contributed by atoms with Crippen molar-refractivity contribution in [1.29, 1.82) is 0 Å². The number of benzene rings is 2. The summed E-state index contributed by atoms with van der Waals surface area (Å²) in [5.41, 5.74) is 4.53. The molecule has 4 rings (SSSR count). The summed E-state index contributed by atoms with van der Waals surface area (Å²) in [5.74, 6) is -0.0937. The second-order valence-electron chi connectivity index (χ2n) is 7.10. The summed E-state index contributed by atoms with van der Waals surface area (Å²) in [6, 6.07) is 15.4. The lowest BCUT2D eigenvalue weighted by Gasteiger charge is -2.12. The molecule has 0 radical (unpaired) electrons. The van der Waals surface area contributed by atoms with Crippen LogP contribution in [0, 0.1) is 19.7 Å². The number of carbonyl (C=O) groups excluding carboxylic acids is 2. The topological polar surface area (TPSA) is 72.7 Å². The summed E-state index contributed by atoms with van der Waals surface area (Å²) in [7, 11) is 0. The Morgan fingerprint density at radius 2 is 1.77 bits per heavy atom. The van der Waals surface area contributed by atoms with Gasteiger partial charge in [0.05, 0.1) is 0 Å². The fourth-order valence-electron chi connectivity index (χ4n) is 3.54. The second kappa shape index (κ2) is 7.94. The molecule has 0 fully saturated rings. The highest BCUT2D eigenvalue weighted by atomic mass is 19.1. The van der Waals surface area contributed by atoms with Crippen molar-refractivity contribution in [2.45, 2.75) is 26.9 Å². The van der Waals surface area contributed by atoms with E-state index in [1.165, 1.54) is 6.07 Å². The molecule has 0 aliphatic carbocycles. The molecule has 0 saturated carbocycles. The molecule has 1 aliphatic rings. The average molecular weight is 405 g/mol. The van der Waals surface area contributed by atoms with Crippen LogP contribution in [0.15, 0.2) is 59.6 Å². The summed E-state index contributed by atoms with van der Waals surface area (Å²) in [6.07, 6.45) is 0.293. The van der Waals surface area contributed by atoms with E-state index in [2.05, 4.69) is 14.9 Å². The van der Waals surface area contributed by atoms with Crippen molar-refractivity contribution in [3.63, 3.8) is 0 Å². The van der Waals surface area contributed by atoms with Gasteiger partial charge < -0.3 is 9.30 Å². The van der Waals surface area contributed by atoms with Crippen LogP contribution in [0.5, 0.6) is 5.75 Å². The van der Waals surface area contributed by atoms with E-state index in [9.17, 15) is 14.0 Å². The lowest BCUT2D eigenvalue weighted by atomic mass is 10.1. The van der Waals surface area contributed by atoms with Gasteiger partial charge in [-0.05, 0) is 55.8 Å². The molecule has 0 saturated heterocycles. The summed E-state index contributed by atoms with van der Waals surface area (Å²) < 4.78 is 21.5. The van der Waals surface area contributed by atoms with Gasteiger partial charge in [0, 0.05) is 29.1 Å². The number of carbonyl (C=O) groups is 2. The predicted octanol–water partition coefficient (Wildman–Crippen LogP) is 4.05. The molecule has 6 nitrogen and oxygen atoms in total. The number of imide groups is 1. The molecule has 0 spiro atoms. The van der Waals surface area contributed by atoms with E-state index in [0.717, 1.165) is 22.6 Å². The third-order valence-corrected chi connectivity index (χ3v) is 5.06. The molecule has 2 heterocycles. The highest BCUT2D eigenvalue weighted by molar-refractivity contribution is 6.46. The van der Waals surface area contributed by atoms with Gasteiger partial charge in [-0.2, -0.15) is 4.99 Å². The number of ether oxygens (including phenoxy) is 1. The maximum Gasteiger partial charge on any atom is 0.348 e. The molecule has 1 aromatic heterocycles. The van der Waals surface area contributed by atoms with E-state index in [-0.39, 0.29) is 18.1 Å². The van der Waals surface area contributed by atoms with Crippen LogP contribution in [0.25, 0.3) is 5.69 Å². The molecule has 2 aromatic carbocycles. The Hall–Kier alpha value is -3.74. The van der Waals surface area contributed by atoms with Crippen molar-refractivity contribution in [1.82, 2.24) is 9.88 Å². The molecule has 152 valence electrons. The fourth-order valence-corrected chi connectivity index (χ4v) is 3.54. The molecule has 1 aliphatic heterocycles. The number of amides is 3. The maximum absolute atomic E-state index is 13.7. The van der Waals surface area contributed by atoms with Crippen LogP contribution in [0.1, 0.15) is 22.5 Å². The van der Waals surface area contributed by atoms with Gasteiger partial charge in [0.2, 0.25) is 0 Å². The number of nitrogens with zero attached hydrogens (tertiary/aromatic N) is 2. The van der Waals surface area contributed by atoms with Crippen LogP contribution in [-0.4, -0.2) is 22.2 Å². The minimum Gasteiger partial charge on any atom is -0.489 e. The first-order chi connectivity index (χ1) is 14.4. The van der Waals surface area contributed by atoms with Gasteiger partial charge in [0.25, 0.3) is 5.91 Å². The predicted molar refractivity (Wildman–Crippen MR) is 111 cm³/mol. The van der Waals surface area contributed by atoms with E-state index < -0.39 is 11.9 Å². The molecule has 30 heavy (non-hydrogen) atoms. The molecule has 3 aromatic rings. The van der Waals surface area contributed by atoms with Crippen LogP contribution >= 0.6 is 0 Å². The summed E-state index contributed by atoms with van der Waals surface area (Å²) in [5, 5.41) is 2.17. The number of rotatable bonds is 6. The van der Waals surface area contributed by atoms with Crippen LogP contribution in [0.4, 0.5) is 9.18 Å². The Balaban J connectivity index is 1.51. The minimum absolute atomic E-state index is 0.153. The van der Waals surface area contributed by atoms with Crippen molar-refractivity contribution in [2.75, 3.05) is 0 Å². The molecule has 3 amide bonds. The van der Waals surface area contributed by atoms with Gasteiger partial charge in [-0.1, -0.05) is 18.2 Å². The number of aromatic nitrogens is 1. The van der Waals surface area contributed by atoms with Gasteiger partial charge in [0.15, 0.2) is 0 Å². The van der Waals surface area contributed by atoms with Gasteiger partial charge in [-0.25, -0.2) is 9.18 Å². The Morgan fingerprint density at radius 1 is 1.03 bits per heavy atom. The first-order valence-corrected chi connectivity index (χ1v) is 9.49. The largest absolute Gasteiger partial charge is 0.489 e. The number of aliphatic imine (C=N–C) groups is 1. The lowest BCUT2D eigenvalue weighted by molar-refractivity contribution is -0.113. The quantitative estimate of drug-likeness (QED) is 0.673. The second-order valence-corrected chi connectivity index (χ2v) is 7.10. The SMILES string of the molecule is Cc1cc(CC2=NC(=O)NC2=O)c(C)n1-c1ccc(OCc2ccccc2F)cc1. The van der Waals surface area contributed by atoms with Crippen molar-refractivity contribution in [3.8, 4) is 11.4 Å². The van der Waals surface area contributed by atoms with E-state index in [1.807, 2.05) is 44.2 Å². The Bertz CT molecular complexity index is 1160. The van der Waals surface area contributed by atoms with Gasteiger partial charge in [0.1, 0.15) is 23.9 Å². The fraction of sp³-hybridized carbons (Fsp3) is 0.174. The third kappa shape index (κ3) is 3.87. The lowest BCUT2D eigenvalue weighted by Crippen LogP contribution is -2.26. The maximum atomic E-state index is 13.7. The highest BCUT2D eigenvalue weighted by Crippen LogP contribution is 2.24. The highest BCUT2D eigenvalue weighted by Gasteiger charge is 2.24. The smallest absolute Gasteiger partial charge is 0.348 e. The molecule has 0 bridgehead atoms. The molecule has 1 N–H and O–H groups in total. The van der Waals surface area contributed by atoms with Crippen LogP contribution in [0.2, 0.25) is 0 Å². The van der Waals surface area contributed by atoms with Gasteiger partial charge in [-0.15, -0.1) is 0 Å². The monoisotopic (exact) mass is 405 g/mol. The zero-order valence-corrected chi connectivity index (χ0v) is 16.6. The van der Waals surface area contributed by atoms with E-state index in [4.69, 9.17) is 4.74 Å². The van der Waals surface area contributed by atoms with Crippen LogP contribution in [-0.2, 0) is 17.8 Å². The number of urea groups is 1. The van der Waals surface area contributed by atoms with E-state index in [0.29, 0.717) is 17.7 Å². The van der Waals surface area contributed by atoms with Crippen LogP contribution < -0.4 is 10.1 Å². The minimum atomic E-state index is -0.616. The Morgan fingerprint density at radius 3 is 2.43 bits per heavy atom. The van der Waals surface area contributed by atoms with Gasteiger partial charge >= 0.3 is 6.03 Å². The first-order valence-electron chi connectivity index (χ1n) is 9.49. The normalized spacial score (nSPS) is 13.4. The van der Waals surface area contributed by atoms with Crippen molar-refractivity contribution < 1.29 is 18.7 Å². The van der Waals surface area contributed by atoms with Crippen molar-refractivity contribution in [3.05, 3.63) is 82.9 Å². The van der Waals surface area contributed by atoms with Gasteiger partial charge in [-0.3, -0.25) is 10.1 Å². The first kappa shape index (κ1) is 19.6. The number of hydrogen-bond donors (Lipinski definition) is 1. The van der Waals surface area contributed by atoms with Crippen LogP contribution in [0.3, 0.4) is 0 Å². The summed E-state index contributed by atoms with van der Waals surface area (Å²) in [6.45, 7) is 4.08. The standard InChI is InChI=1S/C23H20FN3O3/c1-14-11-17(12-21-22(28)26-23(29)25-21)15(2)27(14)18-7-9-19(10-8-18)30-13-16-5-3-4-6-20(16)24/h3-11H,12-13H2,1-2H3,(H,26,28,29). The number of aryl methyl sites for hydroxylation is 1. The molecule has 0 atom stereocenters. The van der Waals surface area contributed by atoms with Crippen molar-refractivity contribution in [2.24, 2.45) is 4.99 Å². The number of nitrogens with one attached hydrogen (secondary N) is 1. The number of halogens is 1. The van der Waals surface area contributed by atoms with E-state index >= 15 is 0 Å². The van der Waals surface area contributed by atoms with Crippen molar-refractivity contribution >= 4 is 17.6 Å². The Kier molecular flexibility index (Phi) is 5.18. The molecular weight excluding hydrogens is 385 g/mol. The zero-order valence-electron chi connectivity index (χ0n) is 16.6. The van der Waals surface area contributed by atoms with E-state index in [1.54, 1.807) is 18.2 Å². The molecule has 0 unspecified atom stereocenters. The summed E-state index contributed by atoms with van der Waals surface area (Å²) in [4.78, 5) is 26.8. The summed E-state index contributed by atoms with van der Waals surface area (Å²) >= 11 is 0. The third-order valence-electron chi connectivity index (χ3n) is 5.06.